The minimum absolute atomic E-state index is 0.138. The van der Waals surface area contributed by atoms with Crippen molar-refractivity contribution in [2.75, 3.05) is 13.2 Å². The number of alkyl carbamates (subject to hydrolysis) is 1. The van der Waals surface area contributed by atoms with E-state index in [-0.39, 0.29) is 13.2 Å². The van der Waals surface area contributed by atoms with Gasteiger partial charge in [0.15, 0.2) is 6.04 Å². The van der Waals surface area contributed by atoms with Crippen LogP contribution in [0.1, 0.15) is 20.8 Å². The molecule has 0 bridgehead atoms. The van der Waals surface area contributed by atoms with Gasteiger partial charge in [-0.3, -0.25) is 0 Å². The van der Waals surface area contributed by atoms with Crippen molar-refractivity contribution < 1.29 is 24.2 Å². The van der Waals surface area contributed by atoms with E-state index in [0.717, 1.165) is 0 Å². The highest BCUT2D eigenvalue weighted by Gasteiger charge is 2.23. The second-order valence-corrected chi connectivity index (χ2v) is 4.36. The zero-order valence-electron chi connectivity index (χ0n) is 10.4. The first-order valence-corrected chi connectivity index (χ1v) is 5.17. The molecule has 1 atom stereocenters. The van der Waals surface area contributed by atoms with Gasteiger partial charge >= 0.3 is 12.1 Å². The third kappa shape index (κ3) is 8.27. The Morgan fingerprint density at radius 3 is 2.47 bits per heavy atom. The smallest absolute Gasteiger partial charge is 0.408 e. The molecule has 0 saturated heterocycles. The van der Waals surface area contributed by atoms with E-state index in [0.29, 0.717) is 0 Å². The molecule has 6 heteroatoms. The van der Waals surface area contributed by atoms with Crippen molar-refractivity contribution >= 4 is 12.1 Å². The zero-order valence-corrected chi connectivity index (χ0v) is 10.4. The fourth-order valence-electron chi connectivity index (χ4n) is 0.894. The molecule has 0 heterocycles. The van der Waals surface area contributed by atoms with Crippen molar-refractivity contribution in [2.45, 2.75) is 32.4 Å². The molecule has 2 N–H and O–H groups in total. The highest BCUT2D eigenvalue weighted by Crippen LogP contribution is 2.06. The van der Waals surface area contributed by atoms with Gasteiger partial charge in [0, 0.05) is 0 Å². The average molecular weight is 245 g/mol. The Labute approximate surface area is 101 Å². The molecule has 0 saturated carbocycles. The molecule has 1 amide bonds. The topological polar surface area (TPSA) is 84.9 Å². The van der Waals surface area contributed by atoms with Gasteiger partial charge in [-0.2, -0.15) is 0 Å². The summed E-state index contributed by atoms with van der Waals surface area (Å²) < 4.78 is 9.90. The lowest BCUT2D eigenvalue weighted by atomic mass is 10.2. The first-order chi connectivity index (χ1) is 7.76. The summed E-state index contributed by atoms with van der Waals surface area (Å²) in [5, 5.41) is 11.1. The molecule has 0 rings (SSSR count). The first kappa shape index (κ1) is 15.4. The molecular weight excluding hydrogens is 226 g/mol. The highest BCUT2D eigenvalue weighted by atomic mass is 16.6. The van der Waals surface area contributed by atoms with Gasteiger partial charge in [-0.15, -0.1) is 6.58 Å². The van der Waals surface area contributed by atoms with Crippen LogP contribution in [0.3, 0.4) is 0 Å². The van der Waals surface area contributed by atoms with E-state index in [1.807, 2.05) is 0 Å². The molecule has 6 nitrogen and oxygen atoms in total. The maximum Gasteiger partial charge on any atom is 0.408 e. The minimum Gasteiger partial charge on any atom is -0.480 e. The zero-order chi connectivity index (χ0) is 13.5. The van der Waals surface area contributed by atoms with Gasteiger partial charge in [0.2, 0.25) is 0 Å². The summed E-state index contributed by atoms with van der Waals surface area (Å²) in [5.41, 5.74) is -0.672. The van der Waals surface area contributed by atoms with Crippen molar-refractivity contribution in [3.8, 4) is 0 Å². The Balaban J connectivity index is 4.20. The second kappa shape index (κ2) is 6.90. The summed E-state index contributed by atoms with van der Waals surface area (Å²) in [5.74, 6) is -1.18. The first-order valence-electron chi connectivity index (χ1n) is 5.17. The molecule has 0 aromatic rings. The minimum atomic E-state index is -1.18. The van der Waals surface area contributed by atoms with E-state index in [4.69, 9.17) is 14.6 Å². The number of carboxylic acid groups (broad SMARTS) is 1. The van der Waals surface area contributed by atoms with Crippen LogP contribution in [0.25, 0.3) is 0 Å². The summed E-state index contributed by atoms with van der Waals surface area (Å²) >= 11 is 0. The number of hydrogen-bond acceptors (Lipinski definition) is 4. The van der Waals surface area contributed by atoms with Crippen molar-refractivity contribution in [1.29, 1.82) is 0 Å². The Hall–Kier alpha value is -1.56. The van der Waals surface area contributed by atoms with Crippen LogP contribution >= 0.6 is 0 Å². The van der Waals surface area contributed by atoms with Crippen LogP contribution < -0.4 is 5.32 Å². The van der Waals surface area contributed by atoms with Gasteiger partial charge in [-0.05, 0) is 20.8 Å². The number of aliphatic carboxylic acids is 1. The number of carbonyl (C=O) groups is 2. The molecule has 0 aromatic carbocycles. The van der Waals surface area contributed by atoms with Crippen LogP contribution in [0, 0.1) is 0 Å². The molecule has 0 spiro atoms. The maximum atomic E-state index is 11.3. The van der Waals surface area contributed by atoms with Gasteiger partial charge in [-0.25, -0.2) is 9.59 Å². The van der Waals surface area contributed by atoms with E-state index in [1.165, 1.54) is 6.08 Å². The number of carbonyl (C=O) groups excluding carboxylic acids is 1. The lowest BCUT2D eigenvalue weighted by Gasteiger charge is -2.21. The number of hydrogen-bond donors (Lipinski definition) is 2. The summed E-state index contributed by atoms with van der Waals surface area (Å²) in [6.45, 7) is 8.58. The number of amides is 1. The largest absolute Gasteiger partial charge is 0.480 e. The Morgan fingerprint density at radius 1 is 1.47 bits per heavy atom. The van der Waals surface area contributed by atoms with E-state index >= 15 is 0 Å². The molecule has 98 valence electrons. The van der Waals surface area contributed by atoms with Crippen LogP contribution in [0.15, 0.2) is 12.7 Å². The third-order valence-corrected chi connectivity index (χ3v) is 1.51. The van der Waals surface area contributed by atoms with Gasteiger partial charge < -0.3 is 19.9 Å². The lowest BCUT2D eigenvalue weighted by Crippen LogP contribution is -2.46. The maximum absolute atomic E-state index is 11.3. The molecule has 0 fully saturated rings. The molecular formula is C11H19NO5. The van der Waals surface area contributed by atoms with Crippen LogP contribution in [0.5, 0.6) is 0 Å². The molecule has 17 heavy (non-hydrogen) atoms. The van der Waals surface area contributed by atoms with Crippen LogP contribution in [0.2, 0.25) is 0 Å². The number of carboxylic acids is 1. The van der Waals surface area contributed by atoms with Crippen LogP contribution in [0.4, 0.5) is 4.79 Å². The van der Waals surface area contributed by atoms with Crippen LogP contribution in [-0.2, 0) is 14.3 Å². The Morgan fingerprint density at radius 2 is 2.06 bits per heavy atom. The highest BCUT2D eigenvalue weighted by molar-refractivity contribution is 5.80. The van der Waals surface area contributed by atoms with Crippen LogP contribution in [-0.4, -0.2) is 42.0 Å². The molecule has 0 aromatic heterocycles. The summed E-state index contributed by atoms with van der Waals surface area (Å²) in [7, 11) is 0. The summed E-state index contributed by atoms with van der Waals surface area (Å²) in [6, 6.07) is -1.13. The molecule has 0 unspecified atom stereocenters. The monoisotopic (exact) mass is 245 g/mol. The van der Waals surface area contributed by atoms with Gasteiger partial charge in [-0.1, -0.05) is 6.08 Å². The molecule has 0 aliphatic rings. The van der Waals surface area contributed by atoms with E-state index in [2.05, 4.69) is 11.9 Å². The average Bonchev–Trinajstić information content (AvgIpc) is 2.13. The molecule has 0 aliphatic carbocycles. The van der Waals surface area contributed by atoms with E-state index in [9.17, 15) is 9.59 Å². The molecule has 0 radical (unpaired) electrons. The lowest BCUT2D eigenvalue weighted by molar-refractivity contribution is -0.141. The van der Waals surface area contributed by atoms with E-state index < -0.39 is 23.7 Å². The van der Waals surface area contributed by atoms with E-state index in [1.54, 1.807) is 20.8 Å². The fraction of sp³-hybridized carbons (Fsp3) is 0.636. The molecule has 0 aliphatic heterocycles. The second-order valence-electron chi connectivity index (χ2n) is 4.36. The van der Waals surface area contributed by atoms with Gasteiger partial charge in [0.1, 0.15) is 5.60 Å². The van der Waals surface area contributed by atoms with Crippen molar-refractivity contribution in [1.82, 2.24) is 5.32 Å². The normalized spacial score (nSPS) is 12.6. The summed E-state index contributed by atoms with van der Waals surface area (Å²) in [6.07, 6.45) is 0.707. The number of ether oxygens (including phenoxy) is 2. The fourth-order valence-corrected chi connectivity index (χ4v) is 0.894. The SMILES string of the molecule is C=CCOC[C@@H](NC(=O)OC(C)(C)C)C(=O)O. The number of nitrogens with one attached hydrogen (secondary N) is 1. The van der Waals surface area contributed by atoms with Crippen molar-refractivity contribution in [3.63, 3.8) is 0 Å². The van der Waals surface area contributed by atoms with Crippen molar-refractivity contribution in [2.24, 2.45) is 0 Å². The Kier molecular flexibility index (Phi) is 6.27. The standard InChI is InChI=1S/C11H19NO5/c1-5-6-16-7-8(9(13)14)12-10(15)17-11(2,3)4/h5,8H,1,6-7H2,2-4H3,(H,12,15)(H,13,14)/t8-/m1/s1. The predicted octanol–water partition coefficient (Wildman–Crippen LogP) is 1.17. The van der Waals surface area contributed by atoms with Gasteiger partial charge in [0.05, 0.1) is 13.2 Å². The number of rotatable bonds is 6. The third-order valence-electron chi connectivity index (χ3n) is 1.51. The van der Waals surface area contributed by atoms with Gasteiger partial charge in [0.25, 0.3) is 0 Å². The van der Waals surface area contributed by atoms with Crippen molar-refractivity contribution in [3.05, 3.63) is 12.7 Å². The summed E-state index contributed by atoms with van der Waals surface area (Å²) in [4.78, 5) is 22.2. The Bertz CT molecular complexity index is 282. The predicted molar refractivity (Wildman–Crippen MR) is 61.8 cm³/mol. The quantitative estimate of drug-likeness (QED) is 0.542.